The molecule has 2 heterocycles. The van der Waals surface area contributed by atoms with Gasteiger partial charge in [0, 0.05) is 19.3 Å². The Morgan fingerprint density at radius 1 is 1.58 bits per heavy atom. The molecule has 12 heavy (non-hydrogen) atoms. The van der Waals surface area contributed by atoms with Crippen LogP contribution in [0.15, 0.2) is 18.5 Å². The van der Waals surface area contributed by atoms with E-state index in [4.69, 9.17) is 4.74 Å². The van der Waals surface area contributed by atoms with Crippen molar-refractivity contribution < 1.29 is 4.74 Å². The normalized spacial score (nSPS) is 17.1. The summed E-state index contributed by atoms with van der Waals surface area (Å²) in [6.07, 6.45) is 3.89. The molecule has 0 radical (unpaired) electrons. The van der Waals surface area contributed by atoms with Gasteiger partial charge in [-0.1, -0.05) is 0 Å². The molecule has 1 aliphatic rings. The van der Waals surface area contributed by atoms with Gasteiger partial charge in [0.25, 0.3) is 0 Å². The first-order valence-electron chi connectivity index (χ1n) is 4.14. The van der Waals surface area contributed by atoms with Crippen LogP contribution in [-0.2, 0) is 0 Å². The fourth-order valence-corrected chi connectivity index (χ4v) is 1.10. The Morgan fingerprint density at radius 2 is 2.42 bits per heavy atom. The fourth-order valence-electron chi connectivity index (χ4n) is 1.10. The number of pyridine rings is 1. The van der Waals surface area contributed by atoms with E-state index < -0.39 is 0 Å². The number of nitrogens with zero attached hydrogens (tertiary/aromatic N) is 1. The smallest absolute Gasteiger partial charge is 0.141 e. The maximum atomic E-state index is 5.66. The minimum Gasteiger partial charge on any atom is -0.486 e. The fraction of sp³-hybridized carbons (Fsp3) is 0.444. The second kappa shape index (κ2) is 3.11. The first-order valence-corrected chi connectivity index (χ1v) is 4.14. The van der Waals surface area contributed by atoms with Gasteiger partial charge in [-0.05, 0) is 18.6 Å². The maximum absolute atomic E-state index is 5.66. The van der Waals surface area contributed by atoms with Crippen LogP contribution in [0.3, 0.4) is 0 Å². The van der Waals surface area contributed by atoms with E-state index in [-0.39, 0.29) is 0 Å². The van der Waals surface area contributed by atoms with E-state index >= 15 is 0 Å². The molecule has 3 heteroatoms. The molecule has 2 rings (SSSR count). The minimum absolute atomic E-state index is 0.341. The minimum atomic E-state index is 0.341. The lowest BCUT2D eigenvalue weighted by Gasteiger charge is -2.28. The molecule has 0 aromatic carbocycles. The molecule has 1 N–H and O–H groups in total. The quantitative estimate of drug-likeness (QED) is 0.700. The van der Waals surface area contributed by atoms with Crippen molar-refractivity contribution in [3.63, 3.8) is 0 Å². The topological polar surface area (TPSA) is 34.1 Å². The Bertz CT molecular complexity index is 271. The van der Waals surface area contributed by atoms with Crippen LogP contribution in [0.1, 0.15) is 5.56 Å². The van der Waals surface area contributed by atoms with Crippen LogP contribution in [0.2, 0.25) is 0 Å². The van der Waals surface area contributed by atoms with E-state index in [9.17, 15) is 0 Å². The average molecular weight is 164 g/mol. The van der Waals surface area contributed by atoms with E-state index in [0.29, 0.717) is 6.10 Å². The Labute approximate surface area is 71.8 Å². The van der Waals surface area contributed by atoms with E-state index in [0.717, 1.165) is 24.4 Å². The van der Waals surface area contributed by atoms with Crippen LogP contribution in [0.5, 0.6) is 5.75 Å². The third kappa shape index (κ3) is 1.41. The summed E-state index contributed by atoms with van der Waals surface area (Å²) in [6, 6.07) is 1.96. The lowest BCUT2D eigenvalue weighted by atomic mass is 10.2. The Morgan fingerprint density at radius 3 is 3.00 bits per heavy atom. The summed E-state index contributed by atoms with van der Waals surface area (Å²) < 4.78 is 5.66. The zero-order valence-corrected chi connectivity index (χ0v) is 7.08. The third-order valence-corrected chi connectivity index (χ3v) is 2.03. The lowest BCUT2D eigenvalue weighted by molar-refractivity contribution is 0.141. The van der Waals surface area contributed by atoms with Crippen LogP contribution in [0.25, 0.3) is 0 Å². The Hall–Kier alpha value is -1.09. The van der Waals surface area contributed by atoms with Gasteiger partial charge in [0.2, 0.25) is 0 Å². The number of hydrogen-bond acceptors (Lipinski definition) is 3. The van der Waals surface area contributed by atoms with Crippen LogP contribution in [0.4, 0.5) is 0 Å². The molecule has 64 valence electrons. The summed E-state index contributed by atoms with van der Waals surface area (Å²) in [4.78, 5) is 4.01. The van der Waals surface area contributed by atoms with Crippen molar-refractivity contribution in [2.24, 2.45) is 0 Å². The molecule has 0 aliphatic carbocycles. The highest BCUT2D eigenvalue weighted by Gasteiger charge is 2.18. The molecule has 1 saturated heterocycles. The van der Waals surface area contributed by atoms with E-state index in [1.165, 1.54) is 0 Å². The first-order chi connectivity index (χ1) is 5.86. The van der Waals surface area contributed by atoms with Gasteiger partial charge in [0.1, 0.15) is 11.9 Å². The highest BCUT2D eigenvalue weighted by Crippen LogP contribution is 2.17. The summed E-state index contributed by atoms with van der Waals surface area (Å²) in [7, 11) is 0. The van der Waals surface area contributed by atoms with E-state index in [1.807, 2.05) is 13.0 Å². The maximum Gasteiger partial charge on any atom is 0.141 e. The van der Waals surface area contributed by atoms with Crippen molar-refractivity contribution in [3.05, 3.63) is 24.0 Å². The Balaban J connectivity index is 2.06. The van der Waals surface area contributed by atoms with Gasteiger partial charge in [-0.2, -0.15) is 0 Å². The van der Waals surface area contributed by atoms with Crippen molar-refractivity contribution in [2.45, 2.75) is 13.0 Å². The Kier molecular flexibility index (Phi) is 1.96. The molecule has 1 aromatic heterocycles. The van der Waals surface area contributed by atoms with Gasteiger partial charge in [-0.15, -0.1) is 0 Å². The van der Waals surface area contributed by atoms with Crippen molar-refractivity contribution >= 4 is 0 Å². The lowest BCUT2D eigenvalue weighted by Crippen LogP contribution is -2.50. The molecule has 0 spiro atoms. The number of hydrogen-bond donors (Lipinski definition) is 1. The SMILES string of the molecule is Cc1ccncc1OC1CNC1. The van der Waals surface area contributed by atoms with Crippen molar-refractivity contribution in [3.8, 4) is 5.75 Å². The molecule has 0 amide bonds. The van der Waals surface area contributed by atoms with E-state index in [2.05, 4.69) is 10.3 Å². The molecular weight excluding hydrogens is 152 g/mol. The summed E-state index contributed by atoms with van der Waals surface area (Å²) in [6.45, 7) is 3.94. The van der Waals surface area contributed by atoms with Gasteiger partial charge in [-0.25, -0.2) is 0 Å². The summed E-state index contributed by atoms with van der Waals surface area (Å²) in [5.74, 6) is 0.906. The largest absolute Gasteiger partial charge is 0.486 e. The molecule has 0 bridgehead atoms. The monoisotopic (exact) mass is 164 g/mol. The predicted octanol–water partition coefficient (Wildman–Crippen LogP) is 0.741. The molecule has 1 aliphatic heterocycles. The van der Waals surface area contributed by atoms with Crippen LogP contribution < -0.4 is 10.1 Å². The molecular formula is C9H12N2O. The average Bonchev–Trinajstić information content (AvgIpc) is 2.00. The predicted molar refractivity (Wildman–Crippen MR) is 46.3 cm³/mol. The van der Waals surface area contributed by atoms with Gasteiger partial charge in [0.05, 0.1) is 6.20 Å². The zero-order valence-electron chi connectivity index (χ0n) is 7.08. The summed E-state index contributed by atoms with van der Waals surface area (Å²) in [5.41, 5.74) is 1.15. The molecule has 1 fully saturated rings. The highest BCUT2D eigenvalue weighted by molar-refractivity contribution is 5.28. The van der Waals surface area contributed by atoms with E-state index in [1.54, 1.807) is 12.4 Å². The van der Waals surface area contributed by atoms with Gasteiger partial charge in [-0.3, -0.25) is 4.98 Å². The van der Waals surface area contributed by atoms with Crippen molar-refractivity contribution in [1.82, 2.24) is 10.3 Å². The second-order valence-electron chi connectivity index (χ2n) is 3.04. The van der Waals surface area contributed by atoms with Gasteiger partial charge < -0.3 is 10.1 Å². The van der Waals surface area contributed by atoms with Crippen LogP contribution in [0, 0.1) is 6.92 Å². The standard InChI is InChI=1S/C9H12N2O/c1-7-2-3-10-6-9(7)12-8-4-11-5-8/h2-3,6,8,11H,4-5H2,1H3. The first kappa shape index (κ1) is 7.55. The molecule has 0 unspecified atom stereocenters. The van der Waals surface area contributed by atoms with Crippen LogP contribution >= 0.6 is 0 Å². The van der Waals surface area contributed by atoms with Gasteiger partial charge >= 0.3 is 0 Å². The van der Waals surface area contributed by atoms with Gasteiger partial charge in [0.15, 0.2) is 0 Å². The third-order valence-electron chi connectivity index (χ3n) is 2.03. The molecule has 1 aromatic rings. The van der Waals surface area contributed by atoms with Crippen molar-refractivity contribution in [2.75, 3.05) is 13.1 Å². The number of aryl methyl sites for hydroxylation is 1. The molecule has 0 atom stereocenters. The molecule has 3 nitrogen and oxygen atoms in total. The highest BCUT2D eigenvalue weighted by atomic mass is 16.5. The molecule has 0 saturated carbocycles. The number of nitrogens with one attached hydrogen (secondary N) is 1. The second-order valence-corrected chi connectivity index (χ2v) is 3.04. The number of aromatic nitrogens is 1. The zero-order chi connectivity index (χ0) is 8.39. The summed E-state index contributed by atoms with van der Waals surface area (Å²) >= 11 is 0. The number of ether oxygens (including phenoxy) is 1. The van der Waals surface area contributed by atoms with Crippen molar-refractivity contribution in [1.29, 1.82) is 0 Å². The van der Waals surface area contributed by atoms with Crippen LogP contribution in [-0.4, -0.2) is 24.2 Å². The summed E-state index contributed by atoms with van der Waals surface area (Å²) in [5, 5.41) is 3.16. The number of rotatable bonds is 2.